The van der Waals surface area contributed by atoms with Crippen molar-refractivity contribution in [3.8, 4) is 11.5 Å². The van der Waals surface area contributed by atoms with Gasteiger partial charge in [-0.3, -0.25) is 4.79 Å². The first-order valence-corrected chi connectivity index (χ1v) is 7.71. The molecule has 1 N–H and O–H groups in total. The molecule has 1 aromatic rings. The molecule has 1 atom stereocenters. The molecular weight excluding hydrogens is 280 g/mol. The highest BCUT2D eigenvalue weighted by atomic mass is 16.5. The fraction of sp³-hybridized carbons (Fsp3) is 0.500. The Morgan fingerprint density at radius 3 is 2.73 bits per heavy atom. The van der Waals surface area contributed by atoms with Crippen molar-refractivity contribution in [3.05, 3.63) is 29.8 Å². The lowest BCUT2D eigenvalue weighted by atomic mass is 10.0. The lowest BCUT2D eigenvalue weighted by Crippen LogP contribution is -2.14. The highest BCUT2D eigenvalue weighted by Crippen LogP contribution is 2.26. The van der Waals surface area contributed by atoms with Gasteiger partial charge in [0.25, 0.3) is 0 Å². The Balaban J connectivity index is 2.55. The predicted molar refractivity (Wildman–Crippen MR) is 88.3 cm³/mol. The number of benzene rings is 1. The summed E-state index contributed by atoms with van der Waals surface area (Å²) in [5.74, 6) is 0.515. The van der Waals surface area contributed by atoms with E-state index >= 15 is 0 Å². The van der Waals surface area contributed by atoms with E-state index in [4.69, 9.17) is 9.47 Å². The Kier molecular flexibility index (Phi) is 8.30. The maximum atomic E-state index is 12.0. The van der Waals surface area contributed by atoms with Crippen LogP contribution in [0, 0.1) is 0 Å². The fourth-order valence-corrected chi connectivity index (χ4v) is 2.20. The van der Waals surface area contributed by atoms with Gasteiger partial charge < -0.3 is 14.6 Å². The molecule has 0 heterocycles. The lowest BCUT2D eigenvalue weighted by Gasteiger charge is -2.13. The summed E-state index contributed by atoms with van der Waals surface area (Å²) in [7, 11) is 3.14. The number of hydrogen-bond acceptors (Lipinski definition) is 4. The zero-order chi connectivity index (χ0) is 16.4. The van der Waals surface area contributed by atoms with Crippen molar-refractivity contribution in [3.63, 3.8) is 0 Å². The third-order valence-electron chi connectivity index (χ3n) is 3.56. The average Bonchev–Trinajstić information content (AvgIpc) is 2.53. The number of methoxy groups -OCH3 is 2. The first-order chi connectivity index (χ1) is 10.6. The van der Waals surface area contributed by atoms with Crippen molar-refractivity contribution >= 4 is 11.9 Å². The third-order valence-corrected chi connectivity index (χ3v) is 3.56. The van der Waals surface area contributed by atoms with Crippen molar-refractivity contribution in [2.45, 2.75) is 45.1 Å². The van der Waals surface area contributed by atoms with Gasteiger partial charge in [-0.05, 0) is 30.2 Å². The van der Waals surface area contributed by atoms with Crippen LogP contribution in [-0.2, 0) is 9.53 Å². The Morgan fingerprint density at radius 1 is 1.32 bits per heavy atom. The van der Waals surface area contributed by atoms with E-state index in [-0.39, 0.29) is 17.6 Å². The first kappa shape index (κ1) is 18.2. The Labute approximate surface area is 132 Å². The maximum Gasteiger partial charge on any atom is 0.161 e. The van der Waals surface area contributed by atoms with Gasteiger partial charge in [0, 0.05) is 13.5 Å². The summed E-state index contributed by atoms with van der Waals surface area (Å²) in [4.78, 5) is 12.0. The summed E-state index contributed by atoms with van der Waals surface area (Å²) in [6.07, 6.45) is 7.98. The standard InChI is InChI=1S/C18H26O4/c1-4-5-6-7-16(21-2)13-15(19)10-8-14-9-11-17(20)18(12-14)22-3/h8-12,16,20H,4-7,13H2,1-3H3. The molecule has 0 saturated carbocycles. The van der Waals surface area contributed by atoms with Gasteiger partial charge in [-0.25, -0.2) is 0 Å². The van der Waals surface area contributed by atoms with E-state index in [2.05, 4.69) is 6.92 Å². The van der Waals surface area contributed by atoms with Gasteiger partial charge in [-0.2, -0.15) is 0 Å². The van der Waals surface area contributed by atoms with Crippen molar-refractivity contribution in [2.75, 3.05) is 14.2 Å². The molecule has 1 unspecified atom stereocenters. The first-order valence-electron chi connectivity index (χ1n) is 7.71. The zero-order valence-electron chi connectivity index (χ0n) is 13.7. The number of allylic oxidation sites excluding steroid dienone is 1. The van der Waals surface area contributed by atoms with Gasteiger partial charge >= 0.3 is 0 Å². The second-order valence-electron chi connectivity index (χ2n) is 5.29. The average molecular weight is 306 g/mol. The summed E-state index contributed by atoms with van der Waals surface area (Å²) in [5, 5.41) is 9.53. The number of unbranched alkanes of at least 4 members (excludes halogenated alkanes) is 2. The van der Waals surface area contributed by atoms with Crippen molar-refractivity contribution in [2.24, 2.45) is 0 Å². The topological polar surface area (TPSA) is 55.8 Å². The van der Waals surface area contributed by atoms with Gasteiger partial charge in [0.15, 0.2) is 17.3 Å². The van der Waals surface area contributed by atoms with Crippen LogP contribution in [0.1, 0.15) is 44.6 Å². The molecule has 122 valence electrons. The van der Waals surface area contributed by atoms with E-state index < -0.39 is 0 Å². The molecule has 0 saturated heterocycles. The highest BCUT2D eigenvalue weighted by molar-refractivity contribution is 5.93. The van der Waals surface area contributed by atoms with Crippen molar-refractivity contribution in [1.29, 1.82) is 0 Å². The van der Waals surface area contributed by atoms with Gasteiger partial charge in [-0.15, -0.1) is 0 Å². The molecule has 22 heavy (non-hydrogen) atoms. The molecule has 0 aliphatic carbocycles. The van der Waals surface area contributed by atoms with E-state index in [1.165, 1.54) is 7.11 Å². The monoisotopic (exact) mass is 306 g/mol. The van der Waals surface area contributed by atoms with Gasteiger partial charge in [0.1, 0.15) is 0 Å². The van der Waals surface area contributed by atoms with Gasteiger partial charge in [-0.1, -0.05) is 38.3 Å². The molecule has 4 nitrogen and oxygen atoms in total. The fourth-order valence-electron chi connectivity index (χ4n) is 2.20. The summed E-state index contributed by atoms with van der Waals surface area (Å²) in [6, 6.07) is 4.97. The Morgan fingerprint density at radius 2 is 2.09 bits per heavy atom. The van der Waals surface area contributed by atoms with E-state index in [1.807, 2.05) is 0 Å². The van der Waals surface area contributed by atoms with Gasteiger partial charge in [0.05, 0.1) is 13.2 Å². The summed E-state index contributed by atoms with van der Waals surface area (Å²) in [5.41, 5.74) is 0.808. The van der Waals surface area contributed by atoms with Crippen LogP contribution in [0.15, 0.2) is 24.3 Å². The number of phenols is 1. The maximum absolute atomic E-state index is 12.0. The van der Waals surface area contributed by atoms with E-state index in [0.717, 1.165) is 31.2 Å². The molecule has 4 heteroatoms. The van der Waals surface area contributed by atoms with Crippen LogP contribution in [0.4, 0.5) is 0 Å². The van der Waals surface area contributed by atoms with E-state index in [1.54, 1.807) is 37.5 Å². The number of ether oxygens (including phenoxy) is 2. The second-order valence-corrected chi connectivity index (χ2v) is 5.29. The minimum absolute atomic E-state index is 0.0157. The molecular formula is C18H26O4. The molecule has 0 aliphatic rings. The molecule has 0 amide bonds. The SMILES string of the molecule is CCCCCC(CC(=O)C=Cc1ccc(O)c(OC)c1)OC. The minimum atomic E-state index is -0.0157. The lowest BCUT2D eigenvalue weighted by molar-refractivity contribution is -0.116. The van der Waals surface area contributed by atoms with Crippen LogP contribution in [0.5, 0.6) is 11.5 Å². The molecule has 1 aromatic carbocycles. The summed E-state index contributed by atoms with van der Waals surface area (Å²) in [6.45, 7) is 2.15. The van der Waals surface area contributed by atoms with Crippen LogP contribution in [0.25, 0.3) is 6.08 Å². The molecule has 0 bridgehead atoms. The Bertz CT molecular complexity index is 494. The second kappa shape index (κ2) is 10.0. The summed E-state index contributed by atoms with van der Waals surface area (Å²) >= 11 is 0. The normalized spacial score (nSPS) is 12.5. The quantitative estimate of drug-likeness (QED) is 0.525. The molecule has 0 aromatic heterocycles. The molecule has 0 radical (unpaired) electrons. The molecule has 0 spiro atoms. The third kappa shape index (κ3) is 6.31. The van der Waals surface area contributed by atoms with Crippen molar-refractivity contribution in [1.82, 2.24) is 0 Å². The highest BCUT2D eigenvalue weighted by Gasteiger charge is 2.11. The number of phenolic OH excluding ortho intramolecular Hbond substituents is 1. The number of rotatable bonds is 10. The summed E-state index contributed by atoms with van der Waals surface area (Å²) < 4.78 is 10.4. The van der Waals surface area contributed by atoms with Crippen molar-refractivity contribution < 1.29 is 19.4 Å². The van der Waals surface area contributed by atoms with Crippen LogP contribution in [0.3, 0.4) is 0 Å². The number of carbonyl (C=O) groups excluding carboxylic acids is 1. The zero-order valence-corrected chi connectivity index (χ0v) is 13.7. The number of ketones is 1. The minimum Gasteiger partial charge on any atom is -0.504 e. The molecule has 1 rings (SSSR count). The van der Waals surface area contributed by atoms with Gasteiger partial charge in [0.2, 0.25) is 0 Å². The number of hydrogen-bond donors (Lipinski definition) is 1. The largest absolute Gasteiger partial charge is 0.504 e. The molecule has 0 fully saturated rings. The number of carbonyl (C=O) groups is 1. The molecule has 0 aliphatic heterocycles. The number of aromatic hydroxyl groups is 1. The smallest absolute Gasteiger partial charge is 0.161 e. The predicted octanol–water partition coefficient (Wildman–Crippen LogP) is 3.97. The van der Waals surface area contributed by atoms with Crippen LogP contribution < -0.4 is 4.74 Å². The van der Waals surface area contributed by atoms with Crippen LogP contribution in [0.2, 0.25) is 0 Å². The van der Waals surface area contributed by atoms with E-state index in [0.29, 0.717) is 12.2 Å². The Hall–Kier alpha value is -1.81. The van der Waals surface area contributed by atoms with Crippen LogP contribution >= 0.6 is 0 Å². The van der Waals surface area contributed by atoms with E-state index in [9.17, 15) is 9.90 Å². The van der Waals surface area contributed by atoms with Crippen LogP contribution in [-0.4, -0.2) is 31.2 Å².